The number of aliphatic carboxylic acids is 1. The van der Waals surface area contributed by atoms with Crippen molar-refractivity contribution >= 4 is 73.0 Å². The normalized spacial score (nSPS) is 12.0. The molecule has 0 aliphatic carbocycles. The maximum absolute atomic E-state index is 12.7. The summed E-state index contributed by atoms with van der Waals surface area (Å²) < 4.78 is 12.2. The molecule has 3 aromatic heterocycles. The molecule has 0 aliphatic rings. The number of benzene rings is 2. The molecular weight excluding hydrogens is 548 g/mol. The highest BCUT2D eigenvalue weighted by molar-refractivity contribution is 7.32. The standard InChI is InChI=1S/C27H21ClN2O4S3/c1-14-25(29-27(33)34-15(2)17-6-4-3-5-7-17)26(37-30-14)23-13-22-21(36-23)12-20(35-22)18-9-8-16(10-19(18)28)11-24(31)32/h3-10,12-13,15H,11H2,1-2H3,(H,29,33)(H,31,32). The predicted octanol–water partition coefficient (Wildman–Crippen LogP) is 8.65. The highest BCUT2D eigenvalue weighted by Gasteiger charge is 2.21. The second-order valence-electron chi connectivity index (χ2n) is 8.39. The third-order valence-corrected chi connectivity index (χ3v) is 9.49. The van der Waals surface area contributed by atoms with Gasteiger partial charge in [-0.1, -0.05) is 54.1 Å². The number of anilines is 1. The van der Waals surface area contributed by atoms with E-state index in [2.05, 4.69) is 21.8 Å². The molecule has 0 spiro atoms. The lowest BCUT2D eigenvalue weighted by molar-refractivity contribution is -0.136. The Morgan fingerprint density at radius 1 is 1.05 bits per heavy atom. The summed E-state index contributed by atoms with van der Waals surface area (Å²) in [5, 5.41) is 12.4. The van der Waals surface area contributed by atoms with Crippen LogP contribution in [0.5, 0.6) is 0 Å². The molecule has 2 aromatic carbocycles. The van der Waals surface area contributed by atoms with Crippen LogP contribution in [0.4, 0.5) is 10.5 Å². The van der Waals surface area contributed by atoms with Gasteiger partial charge in [-0.15, -0.1) is 22.7 Å². The number of carboxylic acid groups (broad SMARTS) is 1. The molecule has 188 valence electrons. The van der Waals surface area contributed by atoms with Gasteiger partial charge in [0.1, 0.15) is 6.10 Å². The summed E-state index contributed by atoms with van der Waals surface area (Å²) in [4.78, 5) is 26.6. The number of hydrogen-bond acceptors (Lipinski definition) is 7. The Kier molecular flexibility index (Phi) is 7.30. The van der Waals surface area contributed by atoms with Gasteiger partial charge in [0, 0.05) is 24.9 Å². The molecule has 6 nitrogen and oxygen atoms in total. The molecule has 5 rings (SSSR count). The minimum absolute atomic E-state index is 0.0633. The Morgan fingerprint density at radius 3 is 2.46 bits per heavy atom. The Morgan fingerprint density at radius 2 is 1.76 bits per heavy atom. The maximum Gasteiger partial charge on any atom is 0.412 e. The zero-order valence-corrected chi connectivity index (χ0v) is 23.0. The Balaban J connectivity index is 1.36. The SMILES string of the molecule is Cc1nsc(-c2cc3sc(-c4ccc(CC(=O)O)cc4Cl)cc3s2)c1NC(=O)OC(C)c1ccccc1. The zero-order valence-electron chi connectivity index (χ0n) is 19.8. The first-order chi connectivity index (χ1) is 17.8. The summed E-state index contributed by atoms with van der Waals surface area (Å²) >= 11 is 11.0. The van der Waals surface area contributed by atoms with Gasteiger partial charge in [0.15, 0.2) is 0 Å². The molecule has 0 saturated heterocycles. The summed E-state index contributed by atoms with van der Waals surface area (Å²) in [6, 6.07) is 19.1. The highest BCUT2D eigenvalue weighted by atomic mass is 35.5. The lowest BCUT2D eigenvalue weighted by atomic mass is 10.1. The second kappa shape index (κ2) is 10.6. The number of rotatable bonds is 7. The second-order valence-corrected chi connectivity index (χ2v) is 11.7. The largest absolute Gasteiger partial charge is 0.481 e. The number of carbonyl (C=O) groups is 2. The van der Waals surface area contributed by atoms with Gasteiger partial charge in [0.2, 0.25) is 0 Å². The van der Waals surface area contributed by atoms with Crippen LogP contribution in [-0.4, -0.2) is 21.5 Å². The van der Waals surface area contributed by atoms with E-state index >= 15 is 0 Å². The molecule has 0 aliphatic heterocycles. The summed E-state index contributed by atoms with van der Waals surface area (Å²) in [7, 11) is 0. The van der Waals surface area contributed by atoms with Crippen LogP contribution in [0.15, 0.2) is 60.7 Å². The Bertz CT molecular complexity index is 1580. The number of carboxylic acids is 1. The van der Waals surface area contributed by atoms with E-state index in [0.29, 0.717) is 16.3 Å². The average Bonchev–Trinajstić information content (AvgIpc) is 3.53. The van der Waals surface area contributed by atoms with Gasteiger partial charge in [0.25, 0.3) is 0 Å². The fraction of sp³-hybridized carbons (Fsp3) is 0.148. The summed E-state index contributed by atoms with van der Waals surface area (Å²) in [6.45, 7) is 3.70. The first-order valence-electron chi connectivity index (χ1n) is 11.3. The number of amides is 1. The monoisotopic (exact) mass is 568 g/mol. The number of ether oxygens (including phenoxy) is 1. The van der Waals surface area contributed by atoms with Crippen LogP contribution in [0.2, 0.25) is 5.02 Å². The molecule has 0 radical (unpaired) electrons. The molecule has 0 saturated carbocycles. The zero-order chi connectivity index (χ0) is 26.1. The van der Waals surface area contributed by atoms with E-state index in [-0.39, 0.29) is 12.5 Å². The third-order valence-electron chi connectivity index (χ3n) is 5.73. The number of halogens is 1. The van der Waals surface area contributed by atoms with E-state index in [1.165, 1.54) is 11.5 Å². The van der Waals surface area contributed by atoms with Crippen molar-refractivity contribution in [2.24, 2.45) is 0 Å². The van der Waals surface area contributed by atoms with E-state index in [9.17, 15) is 9.59 Å². The van der Waals surface area contributed by atoms with Crippen LogP contribution in [0.1, 0.15) is 29.8 Å². The molecule has 5 aromatic rings. The summed E-state index contributed by atoms with van der Waals surface area (Å²) in [6.07, 6.45) is -0.971. The quantitative estimate of drug-likeness (QED) is 0.205. The molecule has 3 heterocycles. The number of nitrogens with zero attached hydrogens (tertiary/aromatic N) is 1. The van der Waals surface area contributed by atoms with Crippen LogP contribution in [0.3, 0.4) is 0 Å². The number of thiophene rings is 2. The van der Waals surface area contributed by atoms with Crippen molar-refractivity contribution in [1.82, 2.24) is 4.37 Å². The van der Waals surface area contributed by atoms with Crippen molar-refractivity contribution in [3.8, 4) is 20.2 Å². The van der Waals surface area contributed by atoms with E-state index in [1.54, 1.807) is 34.8 Å². The number of aryl methyl sites for hydroxylation is 1. The van der Waals surface area contributed by atoms with E-state index in [0.717, 1.165) is 40.9 Å². The van der Waals surface area contributed by atoms with Crippen LogP contribution in [0, 0.1) is 6.92 Å². The minimum Gasteiger partial charge on any atom is -0.481 e. The smallest absolute Gasteiger partial charge is 0.412 e. The highest BCUT2D eigenvalue weighted by Crippen LogP contribution is 2.46. The van der Waals surface area contributed by atoms with Crippen molar-refractivity contribution in [2.75, 3.05) is 5.32 Å². The molecule has 2 N–H and O–H groups in total. The number of carbonyl (C=O) groups excluding carboxylic acids is 1. The molecule has 1 unspecified atom stereocenters. The fourth-order valence-electron chi connectivity index (χ4n) is 3.89. The van der Waals surface area contributed by atoms with E-state index < -0.39 is 12.1 Å². The third kappa shape index (κ3) is 5.55. The van der Waals surface area contributed by atoms with Gasteiger partial charge in [-0.3, -0.25) is 10.1 Å². The number of aromatic nitrogens is 1. The van der Waals surface area contributed by atoms with E-state index in [1.807, 2.05) is 50.2 Å². The molecule has 37 heavy (non-hydrogen) atoms. The van der Waals surface area contributed by atoms with Gasteiger partial charge in [-0.25, -0.2) is 4.79 Å². The van der Waals surface area contributed by atoms with Crippen LogP contribution in [0.25, 0.3) is 29.6 Å². The minimum atomic E-state index is -0.890. The number of hydrogen-bond donors (Lipinski definition) is 2. The van der Waals surface area contributed by atoms with Gasteiger partial charge in [-0.2, -0.15) is 4.37 Å². The first kappa shape index (κ1) is 25.4. The van der Waals surface area contributed by atoms with Crippen molar-refractivity contribution in [1.29, 1.82) is 0 Å². The summed E-state index contributed by atoms with van der Waals surface area (Å²) in [5.74, 6) is -0.890. The van der Waals surface area contributed by atoms with Gasteiger partial charge >= 0.3 is 12.1 Å². The summed E-state index contributed by atoms with van der Waals surface area (Å²) in [5.41, 5.74) is 3.84. The van der Waals surface area contributed by atoms with Gasteiger partial charge in [-0.05, 0) is 54.7 Å². The van der Waals surface area contributed by atoms with Crippen molar-refractivity contribution < 1.29 is 19.4 Å². The van der Waals surface area contributed by atoms with Crippen molar-refractivity contribution in [3.05, 3.63) is 82.5 Å². The average molecular weight is 569 g/mol. The number of nitrogens with one attached hydrogen (secondary N) is 1. The fourth-order valence-corrected chi connectivity index (χ4v) is 7.63. The van der Waals surface area contributed by atoms with E-state index in [4.69, 9.17) is 21.4 Å². The van der Waals surface area contributed by atoms with Gasteiger partial charge < -0.3 is 9.84 Å². The molecule has 10 heteroatoms. The molecule has 0 bridgehead atoms. The van der Waals surface area contributed by atoms with Crippen molar-refractivity contribution in [2.45, 2.75) is 26.4 Å². The predicted molar refractivity (Wildman–Crippen MR) is 152 cm³/mol. The lowest BCUT2D eigenvalue weighted by Gasteiger charge is -2.14. The van der Waals surface area contributed by atoms with Crippen LogP contribution in [-0.2, 0) is 16.0 Å². The Labute approximate surface area is 230 Å². The molecule has 1 amide bonds. The first-order valence-corrected chi connectivity index (χ1v) is 14.1. The topological polar surface area (TPSA) is 88.5 Å². The molecular formula is C27H21ClN2O4S3. The number of fused-ring (bicyclic) bond motifs is 1. The maximum atomic E-state index is 12.7. The Hall–Kier alpha value is -3.24. The lowest BCUT2D eigenvalue weighted by Crippen LogP contribution is -2.16. The molecule has 0 fully saturated rings. The van der Waals surface area contributed by atoms with Gasteiger partial charge in [0.05, 0.1) is 27.6 Å². The molecule has 1 atom stereocenters. The van der Waals surface area contributed by atoms with Crippen LogP contribution >= 0.6 is 45.8 Å². The van der Waals surface area contributed by atoms with Crippen molar-refractivity contribution in [3.63, 3.8) is 0 Å². The van der Waals surface area contributed by atoms with Crippen LogP contribution < -0.4 is 5.32 Å².